The van der Waals surface area contributed by atoms with Crippen LogP contribution in [-0.4, -0.2) is 43.2 Å². The van der Waals surface area contributed by atoms with Gasteiger partial charge in [-0.2, -0.15) is 0 Å². The zero-order valence-corrected chi connectivity index (χ0v) is 14.0. The van der Waals surface area contributed by atoms with Crippen LogP contribution in [0.2, 0.25) is 0 Å². The predicted octanol–water partition coefficient (Wildman–Crippen LogP) is 1.76. The molecule has 0 radical (unpaired) electrons. The second-order valence-corrected chi connectivity index (χ2v) is 8.56. The van der Waals surface area contributed by atoms with E-state index in [-0.39, 0.29) is 17.6 Å². The molecule has 0 bridgehead atoms. The first-order chi connectivity index (χ1) is 10.5. The number of fused-ring (bicyclic) bond motifs is 1. The lowest BCUT2D eigenvalue weighted by Crippen LogP contribution is -2.56. The topological polar surface area (TPSA) is 66.3 Å². The Bertz CT molecular complexity index is 643. The Morgan fingerprint density at radius 3 is 2.77 bits per heavy atom. The van der Waals surface area contributed by atoms with Crippen LogP contribution in [0.5, 0.6) is 0 Å². The molecule has 6 heteroatoms. The largest absolute Gasteiger partial charge is 0.391 e. The van der Waals surface area contributed by atoms with Crippen LogP contribution in [0.4, 0.5) is 5.82 Å². The van der Waals surface area contributed by atoms with Gasteiger partial charge in [-0.25, -0.2) is 9.97 Å². The van der Waals surface area contributed by atoms with Crippen molar-refractivity contribution in [2.24, 2.45) is 0 Å². The number of hydrogen-bond acceptors (Lipinski definition) is 5. The van der Waals surface area contributed by atoms with Gasteiger partial charge in [0.1, 0.15) is 16.5 Å². The summed E-state index contributed by atoms with van der Waals surface area (Å²) in [6.07, 6.45) is 4.45. The van der Waals surface area contributed by atoms with Gasteiger partial charge in [0.15, 0.2) is 0 Å². The van der Waals surface area contributed by atoms with Gasteiger partial charge < -0.3 is 10.0 Å². The molecule has 2 atom stereocenters. The summed E-state index contributed by atoms with van der Waals surface area (Å²) < 4.78 is 12.5. The van der Waals surface area contributed by atoms with Gasteiger partial charge in [0.25, 0.3) is 0 Å². The Balaban J connectivity index is 1.86. The third kappa shape index (κ3) is 1.89. The SMILES string of the molecule is CC(C)c1nc2c(c(N3CCC(O)C34CCC4)n1)S(=O)CC2. The number of nitrogens with zero attached hydrogens (tertiary/aromatic N) is 3. The summed E-state index contributed by atoms with van der Waals surface area (Å²) in [5.41, 5.74) is 0.797. The number of aliphatic hydroxyl groups is 1. The third-order valence-corrected chi connectivity index (χ3v) is 6.91. The lowest BCUT2D eigenvalue weighted by atomic mass is 9.73. The molecule has 1 aromatic rings. The summed E-state index contributed by atoms with van der Waals surface area (Å²) in [4.78, 5) is 12.5. The quantitative estimate of drug-likeness (QED) is 0.899. The van der Waals surface area contributed by atoms with Crippen molar-refractivity contribution < 1.29 is 9.32 Å². The Morgan fingerprint density at radius 2 is 2.14 bits per heavy atom. The molecule has 1 spiro atoms. The van der Waals surface area contributed by atoms with Crippen LogP contribution in [0, 0.1) is 0 Å². The molecular weight excluding hydrogens is 298 g/mol. The summed E-state index contributed by atoms with van der Waals surface area (Å²) in [7, 11) is -0.997. The van der Waals surface area contributed by atoms with Gasteiger partial charge >= 0.3 is 0 Å². The van der Waals surface area contributed by atoms with E-state index < -0.39 is 10.8 Å². The van der Waals surface area contributed by atoms with Gasteiger partial charge in [0, 0.05) is 24.6 Å². The highest BCUT2D eigenvalue weighted by Crippen LogP contribution is 2.49. The van der Waals surface area contributed by atoms with Crippen LogP contribution in [0.25, 0.3) is 0 Å². The fourth-order valence-corrected chi connectivity index (χ4v) is 5.37. The molecule has 0 amide bonds. The lowest BCUT2D eigenvalue weighted by Gasteiger charge is -2.48. The van der Waals surface area contributed by atoms with Crippen molar-refractivity contribution in [3.63, 3.8) is 0 Å². The summed E-state index contributed by atoms with van der Waals surface area (Å²) in [6.45, 7) is 4.99. The normalized spacial score (nSPS) is 29.2. The zero-order valence-electron chi connectivity index (χ0n) is 13.2. The Kier molecular flexibility index (Phi) is 3.31. The van der Waals surface area contributed by atoms with Gasteiger partial charge in [-0.15, -0.1) is 0 Å². The maximum Gasteiger partial charge on any atom is 0.149 e. The maximum absolute atomic E-state index is 12.5. The van der Waals surface area contributed by atoms with Crippen molar-refractivity contribution in [2.75, 3.05) is 17.2 Å². The fourth-order valence-electron chi connectivity index (χ4n) is 4.02. The van der Waals surface area contributed by atoms with Crippen molar-refractivity contribution in [1.29, 1.82) is 0 Å². The molecule has 5 nitrogen and oxygen atoms in total. The van der Waals surface area contributed by atoms with Gasteiger partial charge in [0.05, 0.1) is 28.1 Å². The van der Waals surface area contributed by atoms with Crippen molar-refractivity contribution >= 4 is 16.6 Å². The van der Waals surface area contributed by atoms with Crippen LogP contribution in [0.1, 0.15) is 57.0 Å². The number of rotatable bonds is 2. The standard InChI is InChI=1S/C16H23N3O2S/c1-10(2)14-17-11-5-9-22(21)13(11)15(18-14)19-8-4-12(20)16(19)6-3-7-16/h10,12,20H,3-9H2,1-2H3. The molecule has 3 heterocycles. The first kappa shape index (κ1) is 14.6. The molecule has 1 N–H and O–H groups in total. The van der Waals surface area contributed by atoms with E-state index in [0.717, 1.165) is 60.9 Å². The summed E-state index contributed by atoms with van der Waals surface area (Å²) in [6, 6.07) is 0. The van der Waals surface area contributed by atoms with Gasteiger partial charge in [-0.3, -0.25) is 4.21 Å². The molecule has 2 unspecified atom stereocenters. The Labute approximate surface area is 133 Å². The van der Waals surface area contributed by atoms with Gasteiger partial charge in [-0.1, -0.05) is 13.8 Å². The molecule has 1 aliphatic carbocycles. The lowest BCUT2D eigenvalue weighted by molar-refractivity contribution is 0.0579. The van der Waals surface area contributed by atoms with Crippen molar-refractivity contribution in [3.8, 4) is 0 Å². The monoisotopic (exact) mass is 321 g/mol. The highest BCUT2D eigenvalue weighted by Gasteiger charge is 2.53. The van der Waals surface area contributed by atoms with Crippen molar-refractivity contribution in [3.05, 3.63) is 11.5 Å². The maximum atomic E-state index is 12.5. The zero-order chi connectivity index (χ0) is 15.5. The molecular formula is C16H23N3O2S. The first-order valence-corrected chi connectivity index (χ1v) is 9.60. The van der Waals surface area contributed by atoms with E-state index in [1.807, 2.05) is 0 Å². The molecule has 3 aliphatic rings. The predicted molar refractivity (Wildman–Crippen MR) is 85.7 cm³/mol. The second-order valence-electron chi connectivity index (χ2n) is 7.05. The number of aliphatic hydroxyl groups excluding tert-OH is 1. The van der Waals surface area contributed by atoms with Crippen LogP contribution in [0.15, 0.2) is 4.90 Å². The molecule has 120 valence electrons. The van der Waals surface area contributed by atoms with Crippen LogP contribution >= 0.6 is 0 Å². The van der Waals surface area contributed by atoms with Crippen LogP contribution in [0.3, 0.4) is 0 Å². The van der Waals surface area contributed by atoms with Crippen LogP contribution < -0.4 is 4.90 Å². The number of hydrogen-bond donors (Lipinski definition) is 1. The Morgan fingerprint density at radius 1 is 1.36 bits per heavy atom. The van der Waals surface area contributed by atoms with E-state index in [1.54, 1.807) is 0 Å². The van der Waals surface area contributed by atoms with Gasteiger partial charge in [0.2, 0.25) is 0 Å². The number of anilines is 1. The van der Waals surface area contributed by atoms with Crippen molar-refractivity contribution in [2.45, 2.75) is 68.4 Å². The smallest absolute Gasteiger partial charge is 0.149 e. The third-order valence-electron chi connectivity index (χ3n) is 5.46. The Hall–Kier alpha value is -1.01. The van der Waals surface area contributed by atoms with E-state index in [2.05, 4.69) is 23.7 Å². The number of aromatic nitrogens is 2. The van der Waals surface area contributed by atoms with E-state index >= 15 is 0 Å². The van der Waals surface area contributed by atoms with E-state index in [1.165, 1.54) is 0 Å². The van der Waals surface area contributed by atoms with E-state index in [0.29, 0.717) is 5.75 Å². The van der Waals surface area contributed by atoms with E-state index in [4.69, 9.17) is 4.98 Å². The first-order valence-electron chi connectivity index (χ1n) is 8.28. The molecule has 4 rings (SSSR count). The van der Waals surface area contributed by atoms with Gasteiger partial charge in [-0.05, 0) is 25.7 Å². The average molecular weight is 321 g/mol. The summed E-state index contributed by atoms with van der Waals surface area (Å²) in [5, 5.41) is 10.5. The molecule has 1 saturated carbocycles. The molecule has 2 fully saturated rings. The summed E-state index contributed by atoms with van der Waals surface area (Å²) in [5.74, 6) is 2.59. The van der Waals surface area contributed by atoms with E-state index in [9.17, 15) is 9.32 Å². The molecule has 22 heavy (non-hydrogen) atoms. The molecule has 1 aromatic heterocycles. The average Bonchev–Trinajstić information content (AvgIpc) is 2.98. The minimum Gasteiger partial charge on any atom is -0.391 e. The molecule has 0 aromatic carbocycles. The number of aryl methyl sites for hydroxylation is 1. The minimum absolute atomic E-state index is 0.164. The van der Waals surface area contributed by atoms with Crippen LogP contribution in [-0.2, 0) is 17.2 Å². The second kappa shape index (κ2) is 4.99. The highest BCUT2D eigenvalue weighted by atomic mass is 32.2. The summed E-state index contributed by atoms with van der Waals surface area (Å²) >= 11 is 0. The minimum atomic E-state index is -0.997. The molecule has 1 saturated heterocycles. The van der Waals surface area contributed by atoms with Crippen molar-refractivity contribution in [1.82, 2.24) is 9.97 Å². The fraction of sp³-hybridized carbons (Fsp3) is 0.750. The molecule has 2 aliphatic heterocycles. The highest BCUT2D eigenvalue weighted by molar-refractivity contribution is 7.85.